The average molecular weight is 360 g/mol. The van der Waals surface area contributed by atoms with E-state index in [-0.39, 0.29) is 5.97 Å². The Bertz CT molecular complexity index is 819. The maximum Gasteiger partial charge on any atom is 0.339 e. The van der Waals surface area contributed by atoms with Crippen LogP contribution in [-0.4, -0.2) is 12.6 Å². The lowest BCUT2D eigenvalue weighted by atomic mass is 10.2. The fraction of sp³-hybridized carbons (Fsp3) is 0.0870. The quantitative estimate of drug-likeness (QED) is 0.361. The normalized spacial score (nSPS) is 11.4. The fourth-order valence-corrected chi connectivity index (χ4v) is 5.03. The van der Waals surface area contributed by atoms with E-state index < -0.39 is 7.92 Å². The molecule has 26 heavy (non-hydrogen) atoms. The molecule has 0 radical (unpaired) electrons. The van der Waals surface area contributed by atoms with E-state index in [1.54, 1.807) is 0 Å². The molecule has 0 fully saturated rings. The lowest BCUT2D eigenvalue weighted by Gasteiger charge is -2.21. The largest absolute Gasteiger partial charge is 0.462 e. The standard InChI is InChI=1S/C23H21O2P/c1-2-25-23(24)22(18-19-12-6-3-7-13-19)26(20-14-8-4-9-15-20)21-16-10-5-11-17-21/h3-18H,2H2,1H3. The van der Waals surface area contributed by atoms with E-state index in [0.29, 0.717) is 11.9 Å². The molecule has 0 spiro atoms. The van der Waals surface area contributed by atoms with Gasteiger partial charge in [-0.05, 0) is 37.1 Å². The zero-order valence-electron chi connectivity index (χ0n) is 14.7. The number of ether oxygens (including phenoxy) is 1. The molecule has 0 unspecified atom stereocenters. The summed E-state index contributed by atoms with van der Waals surface area (Å²) in [6.07, 6.45) is 1.96. The maximum absolute atomic E-state index is 12.9. The summed E-state index contributed by atoms with van der Waals surface area (Å²) in [6, 6.07) is 30.3. The van der Waals surface area contributed by atoms with Gasteiger partial charge in [-0.1, -0.05) is 91.0 Å². The Kier molecular flexibility index (Phi) is 6.35. The van der Waals surface area contributed by atoms with Crippen molar-refractivity contribution in [3.63, 3.8) is 0 Å². The van der Waals surface area contributed by atoms with E-state index in [2.05, 4.69) is 24.3 Å². The van der Waals surface area contributed by atoms with Gasteiger partial charge in [-0.3, -0.25) is 0 Å². The van der Waals surface area contributed by atoms with Gasteiger partial charge in [0.15, 0.2) is 0 Å². The van der Waals surface area contributed by atoms with E-state index in [4.69, 9.17) is 4.74 Å². The Hall–Kier alpha value is -2.70. The van der Waals surface area contributed by atoms with Crippen LogP contribution in [-0.2, 0) is 9.53 Å². The smallest absolute Gasteiger partial charge is 0.339 e. The van der Waals surface area contributed by atoms with Crippen LogP contribution in [0, 0.1) is 0 Å². The lowest BCUT2D eigenvalue weighted by molar-refractivity contribution is -0.137. The number of carbonyl (C=O) groups is 1. The van der Waals surface area contributed by atoms with Gasteiger partial charge in [-0.15, -0.1) is 0 Å². The van der Waals surface area contributed by atoms with Crippen molar-refractivity contribution in [1.29, 1.82) is 0 Å². The predicted molar refractivity (Wildman–Crippen MR) is 110 cm³/mol. The van der Waals surface area contributed by atoms with Gasteiger partial charge in [-0.25, -0.2) is 4.79 Å². The highest BCUT2D eigenvalue weighted by Gasteiger charge is 2.25. The number of benzene rings is 3. The topological polar surface area (TPSA) is 26.3 Å². The zero-order valence-corrected chi connectivity index (χ0v) is 15.6. The number of esters is 1. The highest BCUT2D eigenvalue weighted by atomic mass is 31.1. The van der Waals surface area contributed by atoms with E-state index in [1.165, 1.54) is 0 Å². The third-order valence-corrected chi connectivity index (χ3v) is 6.28. The maximum atomic E-state index is 12.9. The Morgan fingerprint density at radius 2 is 1.27 bits per heavy atom. The van der Waals surface area contributed by atoms with Crippen molar-refractivity contribution in [1.82, 2.24) is 0 Å². The summed E-state index contributed by atoms with van der Waals surface area (Å²) in [7, 11) is -1.00. The number of carbonyl (C=O) groups excluding carboxylic acids is 1. The minimum absolute atomic E-state index is 0.254. The summed E-state index contributed by atoms with van der Waals surface area (Å²) in [6.45, 7) is 2.20. The van der Waals surface area contributed by atoms with Crippen LogP contribution in [0.25, 0.3) is 6.08 Å². The van der Waals surface area contributed by atoms with Gasteiger partial charge in [0.2, 0.25) is 0 Å². The Morgan fingerprint density at radius 3 is 1.73 bits per heavy atom. The first-order valence-corrected chi connectivity index (χ1v) is 9.98. The van der Waals surface area contributed by atoms with Crippen molar-refractivity contribution in [2.45, 2.75) is 6.92 Å². The van der Waals surface area contributed by atoms with Crippen LogP contribution < -0.4 is 10.6 Å². The third-order valence-electron chi connectivity index (χ3n) is 3.86. The third kappa shape index (κ3) is 4.47. The second kappa shape index (κ2) is 9.12. The van der Waals surface area contributed by atoms with Crippen molar-refractivity contribution < 1.29 is 9.53 Å². The highest BCUT2D eigenvalue weighted by Crippen LogP contribution is 2.44. The van der Waals surface area contributed by atoms with Gasteiger partial charge in [0.05, 0.1) is 11.9 Å². The molecule has 0 bridgehead atoms. The molecule has 2 nitrogen and oxygen atoms in total. The molecular weight excluding hydrogens is 339 g/mol. The molecule has 0 aromatic heterocycles. The molecule has 0 amide bonds. The molecule has 3 aromatic rings. The minimum atomic E-state index is -1.00. The second-order valence-corrected chi connectivity index (χ2v) is 7.85. The van der Waals surface area contributed by atoms with Crippen molar-refractivity contribution in [3.05, 3.63) is 102 Å². The van der Waals surface area contributed by atoms with Crippen LogP contribution in [0.4, 0.5) is 0 Å². The van der Waals surface area contributed by atoms with Crippen molar-refractivity contribution in [3.8, 4) is 0 Å². The molecule has 0 aliphatic heterocycles. The summed E-state index contributed by atoms with van der Waals surface area (Å²) >= 11 is 0. The van der Waals surface area contributed by atoms with Crippen molar-refractivity contribution >= 4 is 30.6 Å². The van der Waals surface area contributed by atoms with Gasteiger partial charge < -0.3 is 4.74 Å². The van der Waals surface area contributed by atoms with Crippen LogP contribution >= 0.6 is 7.92 Å². The molecule has 0 saturated carbocycles. The molecule has 3 aromatic carbocycles. The highest BCUT2D eigenvalue weighted by molar-refractivity contribution is 7.78. The fourth-order valence-electron chi connectivity index (χ4n) is 2.71. The van der Waals surface area contributed by atoms with Crippen LogP contribution in [0.2, 0.25) is 0 Å². The van der Waals surface area contributed by atoms with Crippen molar-refractivity contribution in [2.75, 3.05) is 6.61 Å². The first kappa shape index (κ1) is 18.1. The average Bonchev–Trinajstić information content (AvgIpc) is 2.70. The molecule has 0 aliphatic rings. The first-order valence-electron chi connectivity index (χ1n) is 8.63. The molecule has 3 heteroatoms. The Labute approximate surface area is 155 Å². The first-order chi connectivity index (χ1) is 12.8. The molecule has 0 aliphatic carbocycles. The van der Waals surface area contributed by atoms with E-state index in [9.17, 15) is 4.79 Å². The Balaban J connectivity index is 2.16. The van der Waals surface area contributed by atoms with E-state index >= 15 is 0 Å². The van der Waals surface area contributed by atoms with Crippen LogP contribution in [0.15, 0.2) is 96.3 Å². The van der Waals surface area contributed by atoms with E-state index in [1.807, 2.05) is 79.7 Å². The minimum Gasteiger partial charge on any atom is -0.462 e. The van der Waals surface area contributed by atoms with E-state index in [0.717, 1.165) is 16.2 Å². The molecule has 0 atom stereocenters. The second-order valence-electron chi connectivity index (χ2n) is 5.67. The van der Waals surface area contributed by atoms with Crippen LogP contribution in [0.1, 0.15) is 12.5 Å². The monoisotopic (exact) mass is 360 g/mol. The number of rotatable bonds is 6. The number of hydrogen-bond donors (Lipinski definition) is 0. The van der Waals surface area contributed by atoms with Gasteiger partial charge in [0, 0.05) is 0 Å². The van der Waals surface area contributed by atoms with Crippen LogP contribution in [0.3, 0.4) is 0 Å². The lowest BCUT2D eigenvalue weighted by Crippen LogP contribution is -2.18. The van der Waals surface area contributed by atoms with Gasteiger partial charge in [0.25, 0.3) is 0 Å². The zero-order chi connectivity index (χ0) is 18.2. The number of hydrogen-bond acceptors (Lipinski definition) is 2. The molecular formula is C23H21O2P. The molecule has 3 rings (SSSR count). The SMILES string of the molecule is CCOC(=O)C(=Cc1ccccc1)P(c1ccccc1)c1ccccc1. The molecule has 0 heterocycles. The molecule has 130 valence electrons. The van der Waals surface area contributed by atoms with Gasteiger partial charge in [0.1, 0.15) is 0 Å². The summed E-state index contributed by atoms with van der Waals surface area (Å²) in [5, 5.41) is 2.96. The summed E-state index contributed by atoms with van der Waals surface area (Å²) < 4.78 is 5.41. The van der Waals surface area contributed by atoms with Crippen LogP contribution in [0.5, 0.6) is 0 Å². The Morgan fingerprint density at radius 1 is 0.808 bits per heavy atom. The summed E-state index contributed by atoms with van der Waals surface area (Å²) in [4.78, 5) is 12.9. The molecule has 0 saturated heterocycles. The van der Waals surface area contributed by atoms with Crippen molar-refractivity contribution in [2.24, 2.45) is 0 Å². The van der Waals surface area contributed by atoms with Gasteiger partial charge in [-0.2, -0.15) is 0 Å². The predicted octanol–water partition coefficient (Wildman–Crippen LogP) is 4.72. The van der Waals surface area contributed by atoms with Gasteiger partial charge >= 0.3 is 5.97 Å². The molecule has 0 N–H and O–H groups in total. The summed E-state index contributed by atoms with van der Waals surface area (Å²) in [5.41, 5.74) is 0.995. The summed E-state index contributed by atoms with van der Waals surface area (Å²) in [5.74, 6) is -0.254.